The van der Waals surface area contributed by atoms with Crippen molar-refractivity contribution in [3.63, 3.8) is 0 Å². The van der Waals surface area contributed by atoms with Gasteiger partial charge in [-0.05, 0) is 24.3 Å². The largest absolute Gasteiger partial charge is 0.368 e. The lowest BCUT2D eigenvalue weighted by Gasteiger charge is -2.36. The molecule has 0 aliphatic carbocycles. The van der Waals surface area contributed by atoms with Crippen LogP contribution in [0.15, 0.2) is 36.7 Å². The molecule has 6 heteroatoms. The van der Waals surface area contributed by atoms with Gasteiger partial charge in [0.2, 0.25) is 5.95 Å². The Morgan fingerprint density at radius 3 is 2.33 bits per heavy atom. The minimum absolute atomic E-state index is 0.497. The molecule has 2 heterocycles. The number of piperazine rings is 1. The maximum Gasteiger partial charge on any atom is 0.225 e. The minimum Gasteiger partial charge on any atom is -0.368 e. The molecule has 1 saturated heterocycles. The SMILES string of the molecule is O=Cc1ccc(N2CCN(c3ncccn3)CC2)cc1Cl. The quantitative estimate of drug-likeness (QED) is 0.814. The first kappa shape index (κ1) is 13.8. The van der Waals surface area contributed by atoms with Crippen molar-refractivity contribution in [2.75, 3.05) is 36.0 Å². The van der Waals surface area contributed by atoms with E-state index < -0.39 is 0 Å². The third-order valence-corrected chi connectivity index (χ3v) is 3.92. The molecule has 0 N–H and O–H groups in total. The summed E-state index contributed by atoms with van der Waals surface area (Å²) < 4.78 is 0. The fourth-order valence-corrected chi connectivity index (χ4v) is 2.65. The highest BCUT2D eigenvalue weighted by atomic mass is 35.5. The van der Waals surface area contributed by atoms with E-state index in [1.165, 1.54) is 0 Å². The van der Waals surface area contributed by atoms with E-state index >= 15 is 0 Å². The first-order valence-electron chi connectivity index (χ1n) is 6.79. The maximum absolute atomic E-state index is 10.8. The molecule has 21 heavy (non-hydrogen) atoms. The van der Waals surface area contributed by atoms with Crippen LogP contribution in [0.4, 0.5) is 11.6 Å². The standard InChI is InChI=1S/C15H15ClN4O/c16-14-10-13(3-2-12(14)11-21)19-6-8-20(9-7-19)15-17-4-1-5-18-15/h1-5,10-11H,6-9H2. The Balaban J connectivity index is 1.68. The van der Waals surface area contributed by atoms with Crippen LogP contribution in [0.25, 0.3) is 0 Å². The van der Waals surface area contributed by atoms with Gasteiger partial charge < -0.3 is 9.80 Å². The number of aldehydes is 1. The Morgan fingerprint density at radius 2 is 1.71 bits per heavy atom. The summed E-state index contributed by atoms with van der Waals surface area (Å²) in [6.45, 7) is 3.46. The molecule has 2 aromatic rings. The van der Waals surface area contributed by atoms with Crippen LogP contribution in [-0.4, -0.2) is 42.4 Å². The van der Waals surface area contributed by atoms with Gasteiger partial charge in [-0.25, -0.2) is 9.97 Å². The first-order valence-corrected chi connectivity index (χ1v) is 7.17. The molecule has 0 spiro atoms. The van der Waals surface area contributed by atoms with Gasteiger partial charge in [0.1, 0.15) is 0 Å². The zero-order valence-corrected chi connectivity index (χ0v) is 12.2. The van der Waals surface area contributed by atoms with Crippen molar-refractivity contribution in [3.8, 4) is 0 Å². The fraction of sp³-hybridized carbons (Fsp3) is 0.267. The highest BCUT2D eigenvalue weighted by molar-refractivity contribution is 6.33. The molecule has 0 saturated carbocycles. The van der Waals surface area contributed by atoms with Gasteiger partial charge in [0, 0.05) is 49.8 Å². The number of rotatable bonds is 3. The zero-order chi connectivity index (χ0) is 14.7. The molecule has 1 aliphatic rings. The number of carbonyl (C=O) groups is 1. The van der Waals surface area contributed by atoms with Crippen LogP contribution in [0.5, 0.6) is 0 Å². The van der Waals surface area contributed by atoms with Crippen molar-refractivity contribution in [1.82, 2.24) is 9.97 Å². The summed E-state index contributed by atoms with van der Waals surface area (Å²) >= 11 is 6.08. The molecule has 0 unspecified atom stereocenters. The molecule has 0 radical (unpaired) electrons. The van der Waals surface area contributed by atoms with E-state index in [0.717, 1.165) is 44.1 Å². The summed E-state index contributed by atoms with van der Waals surface area (Å²) in [5.41, 5.74) is 1.57. The van der Waals surface area contributed by atoms with E-state index in [4.69, 9.17) is 11.6 Å². The second kappa shape index (κ2) is 6.10. The normalized spacial score (nSPS) is 15.1. The lowest BCUT2D eigenvalue weighted by atomic mass is 10.2. The Labute approximate surface area is 128 Å². The molecule has 1 aliphatic heterocycles. The third kappa shape index (κ3) is 2.97. The van der Waals surface area contributed by atoms with Gasteiger partial charge in [-0.3, -0.25) is 4.79 Å². The number of hydrogen-bond acceptors (Lipinski definition) is 5. The maximum atomic E-state index is 10.8. The monoisotopic (exact) mass is 302 g/mol. The highest BCUT2D eigenvalue weighted by Crippen LogP contribution is 2.24. The second-order valence-corrected chi connectivity index (χ2v) is 5.25. The van der Waals surface area contributed by atoms with Crippen molar-refractivity contribution >= 4 is 29.5 Å². The average molecular weight is 303 g/mol. The Morgan fingerprint density at radius 1 is 1.05 bits per heavy atom. The molecule has 0 amide bonds. The van der Waals surface area contributed by atoms with Crippen molar-refractivity contribution < 1.29 is 4.79 Å². The lowest BCUT2D eigenvalue weighted by molar-refractivity contribution is 0.112. The van der Waals surface area contributed by atoms with E-state index in [2.05, 4.69) is 19.8 Å². The third-order valence-electron chi connectivity index (χ3n) is 3.59. The van der Waals surface area contributed by atoms with Gasteiger partial charge >= 0.3 is 0 Å². The smallest absolute Gasteiger partial charge is 0.225 e. The number of hydrogen-bond donors (Lipinski definition) is 0. The van der Waals surface area contributed by atoms with E-state index in [9.17, 15) is 4.79 Å². The van der Waals surface area contributed by atoms with E-state index in [-0.39, 0.29) is 0 Å². The second-order valence-electron chi connectivity index (χ2n) is 4.85. The van der Waals surface area contributed by atoms with Crippen LogP contribution >= 0.6 is 11.6 Å². The number of aromatic nitrogens is 2. The fourth-order valence-electron chi connectivity index (χ4n) is 2.43. The van der Waals surface area contributed by atoms with E-state index in [1.54, 1.807) is 18.5 Å². The molecule has 3 rings (SSSR count). The van der Waals surface area contributed by atoms with Crippen molar-refractivity contribution in [3.05, 3.63) is 47.2 Å². The number of anilines is 2. The number of benzene rings is 1. The molecule has 0 bridgehead atoms. The summed E-state index contributed by atoms with van der Waals surface area (Å²) in [5.74, 6) is 0.770. The molecular weight excluding hydrogens is 288 g/mol. The predicted octanol–water partition coefficient (Wildman–Crippen LogP) is 2.27. The van der Waals surface area contributed by atoms with Crippen molar-refractivity contribution in [2.24, 2.45) is 0 Å². The molecule has 0 atom stereocenters. The molecular formula is C15H15ClN4O. The van der Waals surface area contributed by atoms with Gasteiger partial charge in [-0.1, -0.05) is 11.6 Å². The number of carbonyl (C=O) groups excluding carboxylic acids is 1. The van der Waals surface area contributed by atoms with Crippen LogP contribution in [-0.2, 0) is 0 Å². The van der Waals surface area contributed by atoms with Crippen LogP contribution in [0.1, 0.15) is 10.4 Å². The highest BCUT2D eigenvalue weighted by Gasteiger charge is 2.19. The molecule has 5 nitrogen and oxygen atoms in total. The zero-order valence-electron chi connectivity index (χ0n) is 11.4. The van der Waals surface area contributed by atoms with Crippen LogP contribution in [0.3, 0.4) is 0 Å². The molecule has 1 fully saturated rings. The van der Waals surface area contributed by atoms with Crippen LogP contribution in [0, 0.1) is 0 Å². The summed E-state index contributed by atoms with van der Waals surface area (Å²) in [6.07, 6.45) is 4.29. The number of halogens is 1. The van der Waals surface area contributed by atoms with Gasteiger partial charge in [0.05, 0.1) is 5.02 Å². The lowest BCUT2D eigenvalue weighted by Crippen LogP contribution is -2.47. The van der Waals surface area contributed by atoms with Gasteiger partial charge in [-0.15, -0.1) is 0 Å². The van der Waals surface area contributed by atoms with Crippen molar-refractivity contribution in [2.45, 2.75) is 0 Å². The average Bonchev–Trinajstić information content (AvgIpc) is 2.56. The first-order chi connectivity index (χ1) is 10.3. The summed E-state index contributed by atoms with van der Waals surface area (Å²) in [6, 6.07) is 7.36. The predicted molar refractivity (Wildman–Crippen MR) is 83.3 cm³/mol. The topological polar surface area (TPSA) is 49.3 Å². The molecule has 108 valence electrons. The summed E-state index contributed by atoms with van der Waals surface area (Å²) in [4.78, 5) is 23.8. The van der Waals surface area contributed by atoms with Gasteiger partial charge in [0.25, 0.3) is 0 Å². The van der Waals surface area contributed by atoms with Crippen LogP contribution < -0.4 is 9.80 Å². The van der Waals surface area contributed by atoms with Gasteiger partial charge in [-0.2, -0.15) is 0 Å². The van der Waals surface area contributed by atoms with Crippen LogP contribution in [0.2, 0.25) is 5.02 Å². The Bertz CT molecular complexity index is 627. The minimum atomic E-state index is 0.497. The summed E-state index contributed by atoms with van der Waals surface area (Å²) in [5, 5.41) is 0.497. The Kier molecular flexibility index (Phi) is 4.01. The molecule has 1 aromatic carbocycles. The molecule has 1 aromatic heterocycles. The summed E-state index contributed by atoms with van der Waals surface area (Å²) in [7, 11) is 0. The number of nitrogens with zero attached hydrogens (tertiary/aromatic N) is 4. The van der Waals surface area contributed by atoms with E-state index in [0.29, 0.717) is 10.6 Å². The van der Waals surface area contributed by atoms with E-state index in [1.807, 2.05) is 18.2 Å². The van der Waals surface area contributed by atoms with Gasteiger partial charge in [0.15, 0.2) is 6.29 Å². The Hall–Kier alpha value is -2.14. The van der Waals surface area contributed by atoms with Crippen molar-refractivity contribution in [1.29, 1.82) is 0 Å².